The van der Waals surface area contributed by atoms with Gasteiger partial charge in [0, 0.05) is 12.6 Å². The van der Waals surface area contributed by atoms with Crippen molar-refractivity contribution in [3.63, 3.8) is 0 Å². The number of nitrogens with zero attached hydrogens (tertiary/aromatic N) is 2. The number of hydrogen-bond donors (Lipinski definition) is 1. The zero-order valence-corrected chi connectivity index (χ0v) is 18.2. The Balaban J connectivity index is 1.39. The van der Waals surface area contributed by atoms with Crippen LogP contribution in [0.15, 0.2) is 59.2 Å². The molecule has 5 nitrogen and oxygen atoms in total. The Morgan fingerprint density at radius 3 is 2.63 bits per heavy atom. The van der Waals surface area contributed by atoms with E-state index in [1.54, 1.807) is 0 Å². The van der Waals surface area contributed by atoms with Gasteiger partial charge >= 0.3 is 0 Å². The van der Waals surface area contributed by atoms with Crippen LogP contribution in [-0.2, 0) is 13.1 Å². The summed E-state index contributed by atoms with van der Waals surface area (Å²) in [5.74, 6) is 0.281. The molecule has 0 radical (unpaired) electrons. The second-order valence-corrected chi connectivity index (χ2v) is 8.43. The van der Waals surface area contributed by atoms with E-state index in [1.165, 1.54) is 6.26 Å². The minimum absolute atomic E-state index is 0.114. The molecule has 30 heavy (non-hydrogen) atoms. The van der Waals surface area contributed by atoms with E-state index in [9.17, 15) is 4.79 Å². The van der Waals surface area contributed by atoms with Gasteiger partial charge in [-0.2, -0.15) is 0 Å². The zero-order valence-electron chi connectivity index (χ0n) is 16.6. The predicted octanol–water partition coefficient (Wildman–Crippen LogP) is 5.64. The standard InChI is InChI=1S/C23H23Cl2N3O2/c1-15(17-5-3-2-4-6-17)26-23(29)21-14-30-22(27-21)13-28(18-8-9-18)12-16-7-10-19(24)20(25)11-16/h2-7,10-11,14-15,18H,8-9,12-13H2,1H3,(H,26,29)/t15-/m1/s1. The van der Waals surface area contributed by atoms with E-state index in [0.717, 1.165) is 30.5 Å². The first-order chi connectivity index (χ1) is 14.5. The van der Waals surface area contributed by atoms with Crippen molar-refractivity contribution < 1.29 is 9.21 Å². The second-order valence-electron chi connectivity index (χ2n) is 7.62. The minimum Gasteiger partial charge on any atom is -0.447 e. The van der Waals surface area contributed by atoms with Crippen LogP contribution in [0, 0.1) is 0 Å². The van der Waals surface area contributed by atoms with Crippen LogP contribution in [0.1, 0.15) is 53.3 Å². The van der Waals surface area contributed by atoms with Gasteiger partial charge in [0.15, 0.2) is 5.69 Å². The van der Waals surface area contributed by atoms with E-state index in [-0.39, 0.29) is 17.6 Å². The molecule has 0 saturated heterocycles. The first-order valence-corrected chi connectivity index (χ1v) is 10.7. The van der Waals surface area contributed by atoms with Crippen molar-refractivity contribution in [2.45, 2.75) is 44.9 Å². The number of benzene rings is 2. The Kier molecular flexibility index (Phi) is 6.42. The highest BCUT2D eigenvalue weighted by atomic mass is 35.5. The van der Waals surface area contributed by atoms with Crippen molar-refractivity contribution in [2.75, 3.05) is 0 Å². The summed E-state index contributed by atoms with van der Waals surface area (Å²) in [7, 11) is 0. The van der Waals surface area contributed by atoms with Gasteiger partial charge in [0.2, 0.25) is 5.89 Å². The average Bonchev–Trinajstić information content (AvgIpc) is 3.49. The van der Waals surface area contributed by atoms with E-state index < -0.39 is 0 Å². The topological polar surface area (TPSA) is 58.4 Å². The van der Waals surface area contributed by atoms with Gasteiger partial charge in [0.25, 0.3) is 5.91 Å². The molecule has 1 saturated carbocycles. The maximum absolute atomic E-state index is 12.6. The molecule has 1 aliphatic rings. The largest absolute Gasteiger partial charge is 0.447 e. The Morgan fingerprint density at radius 1 is 1.17 bits per heavy atom. The van der Waals surface area contributed by atoms with E-state index in [4.69, 9.17) is 27.6 Å². The number of oxazole rings is 1. The summed E-state index contributed by atoms with van der Waals surface area (Å²) in [5.41, 5.74) is 2.41. The van der Waals surface area contributed by atoms with Gasteiger partial charge in [0.05, 0.1) is 22.6 Å². The quantitative estimate of drug-likeness (QED) is 0.489. The van der Waals surface area contributed by atoms with Gasteiger partial charge in [0.1, 0.15) is 6.26 Å². The monoisotopic (exact) mass is 443 g/mol. The van der Waals surface area contributed by atoms with Crippen LogP contribution in [0.5, 0.6) is 0 Å². The summed E-state index contributed by atoms with van der Waals surface area (Å²) in [6.07, 6.45) is 3.71. The Hall–Kier alpha value is -2.34. The second kappa shape index (κ2) is 9.21. The molecule has 2 aromatic carbocycles. The molecule has 1 aromatic heterocycles. The van der Waals surface area contributed by atoms with Gasteiger partial charge in [-0.05, 0) is 43.0 Å². The van der Waals surface area contributed by atoms with Gasteiger partial charge in [-0.25, -0.2) is 4.98 Å². The van der Waals surface area contributed by atoms with Crippen LogP contribution in [0.3, 0.4) is 0 Å². The molecular weight excluding hydrogens is 421 g/mol. The number of nitrogens with one attached hydrogen (secondary N) is 1. The summed E-state index contributed by atoms with van der Waals surface area (Å²) < 4.78 is 5.60. The fraction of sp³-hybridized carbons (Fsp3) is 0.304. The lowest BCUT2D eigenvalue weighted by molar-refractivity contribution is 0.0934. The van der Waals surface area contributed by atoms with E-state index >= 15 is 0 Å². The fourth-order valence-electron chi connectivity index (χ4n) is 3.38. The van der Waals surface area contributed by atoms with Gasteiger partial charge in [-0.3, -0.25) is 9.69 Å². The number of carbonyl (C=O) groups is 1. The lowest BCUT2D eigenvalue weighted by Crippen LogP contribution is -2.27. The molecule has 0 spiro atoms. The lowest BCUT2D eigenvalue weighted by atomic mass is 10.1. The van der Waals surface area contributed by atoms with Crippen molar-refractivity contribution in [2.24, 2.45) is 0 Å². The van der Waals surface area contributed by atoms with Crippen molar-refractivity contribution in [3.05, 3.63) is 87.6 Å². The molecule has 4 rings (SSSR count). The summed E-state index contributed by atoms with van der Waals surface area (Å²) in [6, 6.07) is 15.9. The molecule has 0 aliphatic heterocycles. The number of carbonyl (C=O) groups excluding carboxylic acids is 1. The summed E-state index contributed by atoms with van der Waals surface area (Å²) >= 11 is 12.2. The molecule has 1 fully saturated rings. The van der Waals surface area contributed by atoms with Crippen molar-refractivity contribution in [3.8, 4) is 0 Å². The zero-order chi connectivity index (χ0) is 21.1. The molecule has 3 aromatic rings. The van der Waals surface area contributed by atoms with Crippen LogP contribution < -0.4 is 5.32 Å². The highest BCUT2D eigenvalue weighted by Gasteiger charge is 2.30. The van der Waals surface area contributed by atoms with Crippen molar-refractivity contribution in [1.82, 2.24) is 15.2 Å². The molecule has 156 valence electrons. The maximum atomic E-state index is 12.6. The first kappa shape index (κ1) is 20.9. The third-order valence-corrected chi connectivity index (χ3v) is 5.94. The van der Waals surface area contributed by atoms with Gasteiger partial charge in [-0.1, -0.05) is 59.6 Å². The molecule has 1 aliphatic carbocycles. The van der Waals surface area contributed by atoms with Gasteiger partial charge < -0.3 is 9.73 Å². The highest BCUT2D eigenvalue weighted by Crippen LogP contribution is 2.31. The van der Waals surface area contributed by atoms with Gasteiger partial charge in [-0.15, -0.1) is 0 Å². The Morgan fingerprint density at radius 2 is 1.93 bits per heavy atom. The first-order valence-electron chi connectivity index (χ1n) is 9.98. The van der Waals surface area contributed by atoms with E-state index in [1.807, 2.05) is 55.5 Å². The highest BCUT2D eigenvalue weighted by molar-refractivity contribution is 6.42. The lowest BCUT2D eigenvalue weighted by Gasteiger charge is -2.20. The van der Waals surface area contributed by atoms with Crippen molar-refractivity contribution in [1.29, 1.82) is 0 Å². The average molecular weight is 444 g/mol. The third kappa shape index (κ3) is 5.22. The molecule has 1 atom stereocenters. The Labute approximate surface area is 186 Å². The molecule has 1 amide bonds. The Bertz CT molecular complexity index is 1020. The maximum Gasteiger partial charge on any atom is 0.273 e. The normalized spacial score (nSPS) is 14.7. The van der Waals surface area contributed by atoms with E-state index in [0.29, 0.717) is 28.5 Å². The molecule has 1 heterocycles. The number of hydrogen-bond acceptors (Lipinski definition) is 4. The number of halogens is 2. The molecular formula is C23H23Cl2N3O2. The molecule has 7 heteroatoms. The molecule has 0 unspecified atom stereocenters. The molecule has 1 N–H and O–H groups in total. The van der Waals surface area contributed by atoms with Crippen LogP contribution in [0.25, 0.3) is 0 Å². The summed E-state index contributed by atoms with van der Waals surface area (Å²) in [4.78, 5) is 19.3. The minimum atomic E-state index is -0.246. The SMILES string of the molecule is C[C@@H](NC(=O)c1coc(CN(Cc2ccc(Cl)c(Cl)c2)C2CC2)n1)c1ccccc1. The van der Waals surface area contributed by atoms with Crippen molar-refractivity contribution >= 4 is 29.1 Å². The third-order valence-electron chi connectivity index (χ3n) is 5.20. The van der Waals surface area contributed by atoms with E-state index in [2.05, 4.69) is 15.2 Å². The van der Waals surface area contributed by atoms with Crippen LogP contribution >= 0.6 is 23.2 Å². The number of rotatable bonds is 8. The predicted molar refractivity (Wildman–Crippen MR) is 118 cm³/mol. The van der Waals surface area contributed by atoms with Crippen LogP contribution in [0.4, 0.5) is 0 Å². The van der Waals surface area contributed by atoms with Crippen LogP contribution in [0.2, 0.25) is 10.0 Å². The smallest absolute Gasteiger partial charge is 0.273 e. The summed E-state index contributed by atoms with van der Waals surface area (Å²) in [6.45, 7) is 3.20. The van der Waals surface area contributed by atoms with Crippen LogP contribution in [-0.4, -0.2) is 21.8 Å². The number of amides is 1. The number of aromatic nitrogens is 1. The fourth-order valence-corrected chi connectivity index (χ4v) is 3.70. The molecule has 0 bridgehead atoms. The summed E-state index contributed by atoms with van der Waals surface area (Å²) in [5, 5.41) is 4.06.